The third-order valence-corrected chi connectivity index (χ3v) is 6.48. The van der Waals surface area contributed by atoms with Crippen molar-refractivity contribution in [3.8, 4) is 5.75 Å². The van der Waals surface area contributed by atoms with Crippen LogP contribution in [-0.4, -0.2) is 33.0 Å². The Hall–Kier alpha value is -2.77. The molecule has 0 unspecified atom stereocenters. The number of aliphatic hydroxyl groups excluding tert-OH is 1. The average molecular weight is 424 g/mol. The summed E-state index contributed by atoms with van der Waals surface area (Å²) in [5, 5.41) is 15.3. The highest BCUT2D eigenvalue weighted by atomic mass is 32.1. The van der Waals surface area contributed by atoms with Crippen LogP contribution in [0.25, 0.3) is 0 Å². The van der Waals surface area contributed by atoms with E-state index in [0.29, 0.717) is 29.3 Å². The van der Waals surface area contributed by atoms with Crippen LogP contribution in [0.2, 0.25) is 0 Å². The highest BCUT2D eigenvalue weighted by molar-refractivity contribution is 7.12. The van der Waals surface area contributed by atoms with Crippen LogP contribution >= 0.6 is 11.3 Å². The number of benzene rings is 1. The molecule has 4 rings (SSSR count). The second kappa shape index (κ2) is 8.93. The predicted molar refractivity (Wildman–Crippen MR) is 117 cm³/mol. The van der Waals surface area contributed by atoms with Crippen molar-refractivity contribution in [1.82, 2.24) is 9.97 Å². The van der Waals surface area contributed by atoms with Gasteiger partial charge >= 0.3 is 0 Å². The normalized spacial score (nSPS) is 20.8. The molecule has 0 saturated heterocycles. The van der Waals surface area contributed by atoms with Gasteiger partial charge in [0.1, 0.15) is 24.5 Å². The number of nitrogens with zero attached hydrogens (tertiary/aromatic N) is 2. The summed E-state index contributed by atoms with van der Waals surface area (Å²) in [5.74, 6) is 1.48. The van der Waals surface area contributed by atoms with E-state index in [2.05, 4.69) is 15.3 Å². The number of nitrogens with one attached hydrogen (secondary N) is 1. The molecule has 30 heavy (non-hydrogen) atoms. The Morgan fingerprint density at radius 3 is 2.93 bits per heavy atom. The highest BCUT2D eigenvalue weighted by Crippen LogP contribution is 2.29. The molecule has 0 radical (unpaired) electrons. The van der Waals surface area contributed by atoms with Crippen LogP contribution in [0.15, 0.2) is 48.2 Å². The van der Waals surface area contributed by atoms with Gasteiger partial charge in [-0.05, 0) is 48.8 Å². The maximum absolute atomic E-state index is 13.1. The number of aromatic nitrogens is 2. The van der Waals surface area contributed by atoms with Crippen LogP contribution < -0.4 is 10.1 Å². The zero-order valence-electron chi connectivity index (χ0n) is 17.0. The van der Waals surface area contributed by atoms with Gasteiger partial charge in [-0.2, -0.15) is 0 Å². The molecule has 0 bridgehead atoms. The number of rotatable bonds is 7. The number of aryl methyl sites for hydroxylation is 1. The third kappa shape index (κ3) is 4.52. The highest BCUT2D eigenvalue weighted by Gasteiger charge is 2.30. The molecule has 2 aromatic heterocycles. The molecular formula is C23H25N3O3S. The van der Waals surface area contributed by atoms with Crippen molar-refractivity contribution in [3.63, 3.8) is 0 Å². The van der Waals surface area contributed by atoms with E-state index in [4.69, 9.17) is 4.74 Å². The Morgan fingerprint density at radius 1 is 1.33 bits per heavy atom. The fourth-order valence-electron chi connectivity index (χ4n) is 3.73. The summed E-state index contributed by atoms with van der Waals surface area (Å²) in [6.07, 6.45) is 4.16. The average Bonchev–Trinajstić information content (AvgIpc) is 3.34. The van der Waals surface area contributed by atoms with Crippen molar-refractivity contribution in [2.75, 3.05) is 5.32 Å². The smallest absolute Gasteiger partial charge is 0.208 e. The standard InChI is InChI=1S/C23H25N3O3S/c1-14-5-3-4-6-20(14)29-11-16-8-21(30-12-16)22(28)18-10-24-13-25-23(18)26-17-7-15(2)19(27)9-17/h3-6,8,10,12-13,15,17,19,27H,7,9,11H2,1-2H3,(H,24,25,26)/t15-,17-,19+/m1/s1. The summed E-state index contributed by atoms with van der Waals surface area (Å²) in [4.78, 5) is 22.1. The first-order valence-electron chi connectivity index (χ1n) is 10.1. The van der Waals surface area contributed by atoms with Gasteiger partial charge in [0.25, 0.3) is 0 Å². The SMILES string of the molecule is Cc1ccccc1OCc1csc(C(=O)c2cncnc2N[C@@H]2C[C@@H](C)[C@@H](O)C2)c1. The van der Waals surface area contributed by atoms with E-state index in [1.807, 2.05) is 49.6 Å². The summed E-state index contributed by atoms with van der Waals surface area (Å²) in [6.45, 7) is 4.44. The van der Waals surface area contributed by atoms with E-state index in [-0.39, 0.29) is 23.8 Å². The number of ether oxygens (including phenoxy) is 1. The molecule has 1 aliphatic rings. The third-order valence-electron chi connectivity index (χ3n) is 5.50. The van der Waals surface area contributed by atoms with Gasteiger partial charge in [-0.25, -0.2) is 9.97 Å². The number of para-hydroxylation sites is 1. The minimum absolute atomic E-state index is 0.0952. The van der Waals surface area contributed by atoms with E-state index in [9.17, 15) is 9.90 Å². The zero-order chi connectivity index (χ0) is 21.1. The first-order chi connectivity index (χ1) is 14.5. The Labute approximate surface area is 180 Å². The van der Waals surface area contributed by atoms with Crippen molar-refractivity contribution in [2.24, 2.45) is 5.92 Å². The number of aliphatic hydroxyl groups is 1. The van der Waals surface area contributed by atoms with Gasteiger partial charge in [0, 0.05) is 17.8 Å². The summed E-state index contributed by atoms with van der Waals surface area (Å²) in [5.41, 5.74) is 2.47. The molecule has 3 aromatic rings. The zero-order valence-corrected chi connectivity index (χ0v) is 17.9. The van der Waals surface area contributed by atoms with Crippen molar-refractivity contribution >= 4 is 22.9 Å². The van der Waals surface area contributed by atoms with Crippen molar-refractivity contribution in [1.29, 1.82) is 0 Å². The Bertz CT molecular complexity index is 1030. The molecule has 0 amide bonds. The molecule has 3 atom stereocenters. The molecular weight excluding hydrogens is 398 g/mol. The summed E-state index contributed by atoms with van der Waals surface area (Å²) >= 11 is 1.39. The van der Waals surface area contributed by atoms with Crippen LogP contribution in [-0.2, 0) is 6.61 Å². The predicted octanol–water partition coefficient (Wildman–Crippen LogP) is 4.23. The first kappa shape index (κ1) is 20.5. The lowest BCUT2D eigenvalue weighted by Crippen LogP contribution is -2.20. The van der Waals surface area contributed by atoms with Crippen LogP contribution in [0, 0.1) is 12.8 Å². The molecule has 1 saturated carbocycles. The Morgan fingerprint density at radius 2 is 2.17 bits per heavy atom. The minimum atomic E-state index is -0.323. The number of thiophene rings is 1. The lowest BCUT2D eigenvalue weighted by atomic mass is 10.1. The van der Waals surface area contributed by atoms with Crippen molar-refractivity contribution in [2.45, 2.75) is 45.4 Å². The molecule has 1 fully saturated rings. The van der Waals surface area contributed by atoms with Gasteiger partial charge in [0.15, 0.2) is 0 Å². The van der Waals surface area contributed by atoms with E-state index in [1.54, 1.807) is 6.20 Å². The summed E-state index contributed by atoms with van der Waals surface area (Å²) in [7, 11) is 0. The van der Waals surface area contributed by atoms with Crippen LogP contribution in [0.4, 0.5) is 5.82 Å². The van der Waals surface area contributed by atoms with Gasteiger partial charge in [0.2, 0.25) is 5.78 Å². The van der Waals surface area contributed by atoms with Gasteiger partial charge in [-0.15, -0.1) is 11.3 Å². The first-order valence-corrected chi connectivity index (χ1v) is 10.9. The van der Waals surface area contributed by atoms with Gasteiger partial charge in [-0.3, -0.25) is 4.79 Å². The second-order valence-corrected chi connectivity index (χ2v) is 8.76. The molecule has 156 valence electrons. The van der Waals surface area contributed by atoms with Crippen molar-refractivity contribution < 1.29 is 14.6 Å². The number of hydrogen-bond acceptors (Lipinski definition) is 7. The van der Waals surface area contributed by atoms with E-state index in [1.165, 1.54) is 17.7 Å². The lowest BCUT2D eigenvalue weighted by Gasteiger charge is -2.15. The fraction of sp³-hybridized carbons (Fsp3) is 0.348. The summed E-state index contributed by atoms with van der Waals surface area (Å²) in [6, 6.07) is 9.82. The monoisotopic (exact) mass is 423 g/mol. The van der Waals surface area contributed by atoms with Crippen LogP contribution in [0.3, 0.4) is 0 Å². The fourth-order valence-corrected chi connectivity index (χ4v) is 4.58. The molecule has 7 heteroatoms. The van der Waals surface area contributed by atoms with E-state index >= 15 is 0 Å². The van der Waals surface area contributed by atoms with Gasteiger partial charge < -0.3 is 15.2 Å². The largest absolute Gasteiger partial charge is 0.489 e. The van der Waals surface area contributed by atoms with E-state index < -0.39 is 0 Å². The number of carbonyl (C=O) groups excluding carboxylic acids is 1. The Balaban J connectivity index is 1.46. The minimum Gasteiger partial charge on any atom is -0.489 e. The molecule has 0 aliphatic heterocycles. The van der Waals surface area contributed by atoms with Crippen LogP contribution in [0.5, 0.6) is 5.75 Å². The van der Waals surface area contributed by atoms with Gasteiger partial charge in [0.05, 0.1) is 16.5 Å². The van der Waals surface area contributed by atoms with Crippen LogP contribution in [0.1, 0.15) is 46.1 Å². The number of ketones is 1. The molecule has 1 aromatic carbocycles. The van der Waals surface area contributed by atoms with E-state index in [0.717, 1.165) is 23.3 Å². The molecule has 2 N–H and O–H groups in total. The quantitative estimate of drug-likeness (QED) is 0.554. The number of hydrogen-bond donors (Lipinski definition) is 2. The molecule has 2 heterocycles. The topological polar surface area (TPSA) is 84.3 Å². The molecule has 1 aliphatic carbocycles. The second-order valence-electron chi connectivity index (χ2n) is 7.84. The summed E-state index contributed by atoms with van der Waals surface area (Å²) < 4.78 is 5.89. The maximum Gasteiger partial charge on any atom is 0.208 e. The number of carbonyl (C=O) groups is 1. The number of anilines is 1. The van der Waals surface area contributed by atoms with Crippen molar-refractivity contribution in [3.05, 3.63) is 69.8 Å². The molecule has 6 nitrogen and oxygen atoms in total. The molecule has 0 spiro atoms. The maximum atomic E-state index is 13.1. The van der Waals surface area contributed by atoms with Gasteiger partial charge in [-0.1, -0.05) is 25.1 Å². The lowest BCUT2D eigenvalue weighted by molar-refractivity contribution is 0.104. The Kier molecular flexibility index (Phi) is 6.11.